The molecule has 0 saturated carbocycles. The number of benzene rings is 1. The van der Waals surface area contributed by atoms with Crippen LogP contribution in [0.2, 0.25) is 0 Å². The molecule has 0 spiro atoms. The molecule has 142 valence electrons. The molecule has 0 saturated heterocycles. The van der Waals surface area contributed by atoms with Gasteiger partial charge in [0.25, 0.3) is 11.4 Å². The molecule has 27 heavy (non-hydrogen) atoms. The number of carbonyl (C=O) groups excluding carboxylic acids is 1. The maximum absolute atomic E-state index is 12.0. The van der Waals surface area contributed by atoms with E-state index in [9.17, 15) is 35.1 Å². The van der Waals surface area contributed by atoms with Crippen molar-refractivity contribution in [1.29, 1.82) is 0 Å². The number of aryl methyl sites for hydroxylation is 1. The molecule has 1 amide bonds. The summed E-state index contributed by atoms with van der Waals surface area (Å²) in [6.07, 6.45) is 1.16. The average molecular weight is 443 g/mol. The Balaban J connectivity index is 2.13. The number of nitrogens with one attached hydrogen (secondary N) is 1. The summed E-state index contributed by atoms with van der Waals surface area (Å²) in [4.78, 5) is 42.6. The van der Waals surface area contributed by atoms with E-state index < -0.39 is 37.9 Å². The van der Waals surface area contributed by atoms with E-state index in [1.165, 1.54) is 17.8 Å². The number of nitro groups is 3. The summed E-state index contributed by atoms with van der Waals surface area (Å²) in [5.41, 5.74) is -1.22. The fourth-order valence-corrected chi connectivity index (χ4v) is 2.66. The summed E-state index contributed by atoms with van der Waals surface area (Å²) >= 11 is 2.98. The standard InChI is InChI=1S/C13H11BrN6O7/c1-7-10(18(22)23)4-8(5-11(7)19(24)25)15-12(21)2-3-17-6-9(14)13(16-17)20(26)27/h4-6H,2-3H2,1H3,(H,15,21). The van der Waals surface area contributed by atoms with Crippen LogP contribution in [0.3, 0.4) is 0 Å². The van der Waals surface area contributed by atoms with E-state index in [4.69, 9.17) is 0 Å². The van der Waals surface area contributed by atoms with Gasteiger partial charge in [-0.15, -0.1) is 0 Å². The van der Waals surface area contributed by atoms with Crippen molar-refractivity contribution in [1.82, 2.24) is 9.78 Å². The molecule has 0 aliphatic heterocycles. The van der Waals surface area contributed by atoms with Gasteiger partial charge in [0.15, 0.2) is 0 Å². The van der Waals surface area contributed by atoms with Gasteiger partial charge in [0, 0.05) is 18.6 Å². The van der Waals surface area contributed by atoms with E-state index in [0.29, 0.717) is 0 Å². The van der Waals surface area contributed by atoms with Crippen LogP contribution >= 0.6 is 15.9 Å². The summed E-state index contributed by atoms with van der Waals surface area (Å²) < 4.78 is 1.33. The molecule has 0 bridgehead atoms. The first-order chi connectivity index (χ1) is 12.6. The number of aromatic nitrogens is 2. The lowest BCUT2D eigenvalue weighted by Gasteiger charge is -2.06. The summed E-state index contributed by atoms with van der Waals surface area (Å²) in [5.74, 6) is -1.00. The highest BCUT2D eigenvalue weighted by Crippen LogP contribution is 2.31. The van der Waals surface area contributed by atoms with Gasteiger partial charge in [0.2, 0.25) is 5.91 Å². The number of anilines is 1. The van der Waals surface area contributed by atoms with E-state index in [1.54, 1.807) is 0 Å². The van der Waals surface area contributed by atoms with Crippen LogP contribution in [-0.4, -0.2) is 30.5 Å². The molecule has 14 heteroatoms. The van der Waals surface area contributed by atoms with Gasteiger partial charge < -0.3 is 15.4 Å². The van der Waals surface area contributed by atoms with Crippen LogP contribution in [0.1, 0.15) is 12.0 Å². The third kappa shape index (κ3) is 4.60. The average Bonchev–Trinajstić information content (AvgIpc) is 2.95. The highest BCUT2D eigenvalue weighted by molar-refractivity contribution is 9.10. The van der Waals surface area contributed by atoms with Gasteiger partial charge in [-0.25, -0.2) is 0 Å². The van der Waals surface area contributed by atoms with Gasteiger partial charge >= 0.3 is 5.82 Å². The molecular weight excluding hydrogens is 432 g/mol. The summed E-state index contributed by atoms with van der Waals surface area (Å²) in [5, 5.41) is 38.8. The maximum atomic E-state index is 12.0. The zero-order valence-electron chi connectivity index (χ0n) is 13.6. The molecule has 0 fully saturated rings. The quantitative estimate of drug-likeness (QED) is 0.501. The zero-order valence-corrected chi connectivity index (χ0v) is 15.2. The molecule has 2 aromatic rings. The Morgan fingerprint density at radius 1 is 1.15 bits per heavy atom. The maximum Gasteiger partial charge on any atom is 0.404 e. The van der Waals surface area contributed by atoms with Gasteiger partial charge in [-0.1, -0.05) is 0 Å². The monoisotopic (exact) mass is 442 g/mol. The lowest BCUT2D eigenvalue weighted by atomic mass is 10.1. The Labute approximate surface area is 158 Å². The largest absolute Gasteiger partial charge is 0.404 e. The summed E-state index contributed by atoms with van der Waals surface area (Å²) in [7, 11) is 0. The molecule has 1 aromatic heterocycles. The molecular formula is C13H11BrN6O7. The van der Waals surface area contributed by atoms with Crippen molar-refractivity contribution in [2.45, 2.75) is 19.9 Å². The summed E-state index contributed by atoms with van der Waals surface area (Å²) in [6, 6.07) is 2.05. The van der Waals surface area contributed by atoms with Gasteiger partial charge in [-0.3, -0.25) is 25.0 Å². The van der Waals surface area contributed by atoms with Crippen molar-refractivity contribution in [2.75, 3.05) is 5.32 Å². The SMILES string of the molecule is Cc1c([N+](=O)[O-])cc(NC(=O)CCn2cc(Br)c([N+](=O)[O-])n2)cc1[N+](=O)[O-]. The first-order valence-corrected chi connectivity index (χ1v) is 8.00. The van der Waals surface area contributed by atoms with Crippen molar-refractivity contribution in [3.63, 3.8) is 0 Å². The van der Waals surface area contributed by atoms with E-state index in [-0.39, 0.29) is 28.7 Å². The molecule has 1 N–H and O–H groups in total. The Hall–Kier alpha value is -3.42. The van der Waals surface area contributed by atoms with Crippen molar-refractivity contribution >= 4 is 44.7 Å². The lowest BCUT2D eigenvalue weighted by Crippen LogP contribution is -2.15. The van der Waals surface area contributed by atoms with Crippen molar-refractivity contribution in [2.24, 2.45) is 0 Å². The van der Waals surface area contributed by atoms with Crippen LogP contribution in [0, 0.1) is 37.3 Å². The number of halogens is 1. The van der Waals surface area contributed by atoms with E-state index in [2.05, 4.69) is 26.3 Å². The van der Waals surface area contributed by atoms with Crippen molar-refractivity contribution in [3.05, 3.63) is 58.7 Å². The van der Waals surface area contributed by atoms with Gasteiger partial charge in [-0.2, -0.15) is 4.68 Å². The van der Waals surface area contributed by atoms with Crippen LogP contribution < -0.4 is 5.32 Å². The minimum Gasteiger partial charge on any atom is -0.358 e. The molecule has 0 aliphatic rings. The molecule has 0 radical (unpaired) electrons. The number of nitrogens with zero attached hydrogens (tertiary/aromatic N) is 5. The molecule has 0 atom stereocenters. The van der Waals surface area contributed by atoms with Crippen LogP contribution in [0.5, 0.6) is 0 Å². The van der Waals surface area contributed by atoms with Crippen molar-refractivity contribution < 1.29 is 19.6 Å². The number of rotatable bonds is 7. The number of hydrogen-bond acceptors (Lipinski definition) is 8. The van der Waals surface area contributed by atoms with Crippen LogP contribution in [0.15, 0.2) is 22.8 Å². The van der Waals surface area contributed by atoms with E-state index >= 15 is 0 Å². The molecule has 1 aromatic carbocycles. The smallest absolute Gasteiger partial charge is 0.358 e. The molecule has 2 rings (SSSR count). The number of carbonyl (C=O) groups is 1. The number of amides is 1. The fraction of sp³-hybridized carbons (Fsp3) is 0.231. The fourth-order valence-electron chi connectivity index (χ4n) is 2.20. The van der Waals surface area contributed by atoms with Gasteiger partial charge in [0.05, 0.1) is 33.4 Å². The van der Waals surface area contributed by atoms with Crippen molar-refractivity contribution in [3.8, 4) is 0 Å². The molecule has 1 heterocycles. The Kier molecular flexibility index (Phi) is 5.79. The molecule has 13 nitrogen and oxygen atoms in total. The van der Waals surface area contributed by atoms with Crippen LogP contribution in [0.25, 0.3) is 0 Å². The highest BCUT2D eigenvalue weighted by Gasteiger charge is 2.24. The Morgan fingerprint density at radius 2 is 1.70 bits per heavy atom. The Morgan fingerprint density at radius 3 is 2.15 bits per heavy atom. The molecule has 0 unspecified atom stereocenters. The highest BCUT2D eigenvalue weighted by atomic mass is 79.9. The first kappa shape index (κ1) is 19.9. The van der Waals surface area contributed by atoms with Crippen LogP contribution in [0.4, 0.5) is 22.9 Å². The third-order valence-corrected chi connectivity index (χ3v) is 4.03. The second kappa shape index (κ2) is 7.86. The summed E-state index contributed by atoms with van der Waals surface area (Å²) in [6.45, 7) is 1.23. The second-order valence-corrected chi connectivity index (χ2v) is 6.13. The van der Waals surface area contributed by atoms with E-state index in [0.717, 1.165) is 12.1 Å². The number of hydrogen-bond donors (Lipinski definition) is 1. The normalized spacial score (nSPS) is 10.4. The first-order valence-electron chi connectivity index (χ1n) is 7.20. The number of nitro benzene ring substituents is 2. The second-order valence-electron chi connectivity index (χ2n) is 5.27. The lowest BCUT2D eigenvalue weighted by molar-refractivity contribution is -0.395. The third-order valence-electron chi connectivity index (χ3n) is 3.47. The predicted molar refractivity (Wildman–Crippen MR) is 94.3 cm³/mol. The Bertz CT molecular complexity index is 922. The predicted octanol–water partition coefficient (Wildman–Crippen LogP) is 2.71. The molecule has 0 aliphatic carbocycles. The van der Waals surface area contributed by atoms with Gasteiger partial charge in [-0.05, 0) is 27.8 Å². The minimum absolute atomic E-state index is 0.00563. The van der Waals surface area contributed by atoms with E-state index in [1.807, 2.05) is 0 Å². The van der Waals surface area contributed by atoms with Gasteiger partial charge in [0.1, 0.15) is 10.0 Å². The van der Waals surface area contributed by atoms with Crippen LogP contribution in [-0.2, 0) is 11.3 Å². The topological polar surface area (TPSA) is 176 Å². The minimum atomic E-state index is -0.779. The zero-order chi connectivity index (χ0) is 20.3.